The van der Waals surface area contributed by atoms with E-state index in [0.29, 0.717) is 6.42 Å². The molecule has 0 aliphatic carbocycles. The molecule has 1 saturated heterocycles. The molecule has 0 aromatic heterocycles. The Morgan fingerprint density at radius 2 is 2.00 bits per heavy atom. The van der Waals surface area contributed by atoms with Gasteiger partial charge in [-0.05, 0) is 12.0 Å². The molecule has 2 atom stereocenters. The van der Waals surface area contributed by atoms with Gasteiger partial charge in [-0.1, -0.05) is 30.3 Å². The summed E-state index contributed by atoms with van der Waals surface area (Å²) < 4.78 is 5.06. The van der Waals surface area contributed by atoms with E-state index in [2.05, 4.69) is 5.32 Å². The van der Waals surface area contributed by atoms with E-state index in [1.54, 1.807) is 0 Å². The van der Waals surface area contributed by atoms with Crippen molar-refractivity contribution in [2.24, 2.45) is 0 Å². The Morgan fingerprint density at radius 3 is 2.67 bits per heavy atom. The summed E-state index contributed by atoms with van der Waals surface area (Å²) in [7, 11) is 0. The number of aliphatic hydroxyl groups is 1. The molecule has 3 N–H and O–H groups in total. The van der Waals surface area contributed by atoms with Crippen molar-refractivity contribution in [2.45, 2.75) is 25.2 Å². The number of nitrogens with zero attached hydrogens (tertiary/aromatic N) is 1. The van der Waals surface area contributed by atoms with E-state index in [0.717, 1.165) is 10.5 Å². The van der Waals surface area contributed by atoms with Gasteiger partial charge in [-0.15, -0.1) is 0 Å². The summed E-state index contributed by atoms with van der Waals surface area (Å²) in [5.41, 5.74) is 0.864. The van der Waals surface area contributed by atoms with Gasteiger partial charge in [0.15, 0.2) is 0 Å². The van der Waals surface area contributed by atoms with Crippen LogP contribution >= 0.6 is 0 Å². The maximum Gasteiger partial charge on any atom is 0.407 e. The highest BCUT2D eigenvalue weighted by Crippen LogP contribution is 2.11. The topological polar surface area (TPSA) is 99.1 Å². The van der Waals surface area contributed by atoms with E-state index in [9.17, 15) is 14.7 Å². The maximum absolute atomic E-state index is 11.7. The second-order valence-electron chi connectivity index (χ2n) is 4.98. The summed E-state index contributed by atoms with van der Waals surface area (Å²) in [5.74, 6) is 0. The Morgan fingerprint density at radius 1 is 1.29 bits per heavy atom. The molecule has 1 aliphatic heterocycles. The Bertz CT molecular complexity index is 493. The third-order valence-electron chi connectivity index (χ3n) is 3.23. The monoisotopic (exact) mass is 294 g/mol. The quantitative estimate of drug-likeness (QED) is 0.773. The fraction of sp³-hybridized carbons (Fsp3) is 0.429. The lowest BCUT2D eigenvalue weighted by molar-refractivity contribution is 0.0482. The first-order valence-electron chi connectivity index (χ1n) is 6.67. The minimum atomic E-state index is -1.11. The Labute approximate surface area is 122 Å². The van der Waals surface area contributed by atoms with Gasteiger partial charge in [0.1, 0.15) is 6.61 Å². The summed E-state index contributed by atoms with van der Waals surface area (Å²) in [6, 6.07) is 8.78. The fourth-order valence-electron chi connectivity index (χ4n) is 2.26. The number of piperidine rings is 1. The van der Waals surface area contributed by atoms with Crippen LogP contribution < -0.4 is 5.32 Å². The number of carbonyl (C=O) groups excluding carboxylic acids is 1. The number of hydrogen-bond acceptors (Lipinski definition) is 4. The van der Waals surface area contributed by atoms with E-state index in [1.165, 1.54) is 0 Å². The molecule has 2 unspecified atom stereocenters. The average Bonchev–Trinajstić information content (AvgIpc) is 2.45. The summed E-state index contributed by atoms with van der Waals surface area (Å²) in [5, 5.41) is 21.1. The molecule has 0 saturated carbocycles. The average molecular weight is 294 g/mol. The highest BCUT2D eigenvalue weighted by Gasteiger charge is 2.29. The molecule has 0 bridgehead atoms. The van der Waals surface area contributed by atoms with Gasteiger partial charge in [-0.25, -0.2) is 9.59 Å². The molecular weight excluding hydrogens is 276 g/mol. The third-order valence-corrected chi connectivity index (χ3v) is 3.23. The lowest BCUT2D eigenvalue weighted by atomic mass is 10.0. The van der Waals surface area contributed by atoms with Gasteiger partial charge in [0.05, 0.1) is 18.7 Å². The second kappa shape index (κ2) is 6.94. The number of benzene rings is 1. The molecule has 0 spiro atoms. The number of hydrogen-bond donors (Lipinski definition) is 3. The van der Waals surface area contributed by atoms with Crippen LogP contribution in [0.3, 0.4) is 0 Å². The van der Waals surface area contributed by atoms with Crippen molar-refractivity contribution in [3.63, 3.8) is 0 Å². The number of likely N-dealkylation sites (tertiary alicyclic amines) is 1. The minimum Gasteiger partial charge on any atom is -0.465 e. The van der Waals surface area contributed by atoms with E-state index >= 15 is 0 Å². The van der Waals surface area contributed by atoms with Crippen LogP contribution in [0, 0.1) is 0 Å². The molecule has 2 amide bonds. The molecule has 21 heavy (non-hydrogen) atoms. The normalized spacial score (nSPS) is 21.7. The number of ether oxygens (including phenoxy) is 1. The van der Waals surface area contributed by atoms with Gasteiger partial charge in [0.2, 0.25) is 0 Å². The number of aliphatic hydroxyl groups excluding tert-OH is 1. The van der Waals surface area contributed by atoms with Crippen molar-refractivity contribution in [1.29, 1.82) is 0 Å². The molecule has 1 aromatic carbocycles. The number of β-amino-alcohol motifs (C(OH)–C–C–N with tert-alkyl or cyclic N) is 1. The van der Waals surface area contributed by atoms with Crippen molar-refractivity contribution in [3.05, 3.63) is 35.9 Å². The van der Waals surface area contributed by atoms with Gasteiger partial charge in [-0.2, -0.15) is 0 Å². The van der Waals surface area contributed by atoms with Gasteiger partial charge in [-0.3, -0.25) is 0 Å². The molecule has 1 aliphatic rings. The maximum atomic E-state index is 11.7. The van der Waals surface area contributed by atoms with Crippen LogP contribution in [0.2, 0.25) is 0 Å². The van der Waals surface area contributed by atoms with Crippen molar-refractivity contribution < 1.29 is 24.5 Å². The van der Waals surface area contributed by atoms with Gasteiger partial charge >= 0.3 is 12.2 Å². The van der Waals surface area contributed by atoms with Crippen molar-refractivity contribution in [2.75, 3.05) is 13.1 Å². The van der Waals surface area contributed by atoms with E-state index in [-0.39, 0.29) is 19.7 Å². The smallest absolute Gasteiger partial charge is 0.407 e. The molecule has 7 heteroatoms. The first-order valence-corrected chi connectivity index (χ1v) is 6.67. The summed E-state index contributed by atoms with van der Waals surface area (Å²) in [4.78, 5) is 23.7. The van der Waals surface area contributed by atoms with Crippen LogP contribution in [-0.2, 0) is 11.3 Å². The zero-order valence-electron chi connectivity index (χ0n) is 11.4. The SMILES string of the molecule is O=C(NC1CC(O)CN(C(=O)O)C1)OCc1ccccc1. The highest BCUT2D eigenvalue weighted by molar-refractivity contribution is 5.68. The molecule has 7 nitrogen and oxygen atoms in total. The van der Waals surface area contributed by atoms with E-state index in [4.69, 9.17) is 9.84 Å². The van der Waals surface area contributed by atoms with Crippen LogP contribution in [-0.4, -0.2) is 52.5 Å². The molecule has 1 heterocycles. The lowest BCUT2D eigenvalue weighted by Gasteiger charge is -2.33. The first kappa shape index (κ1) is 15.1. The number of carbonyl (C=O) groups is 2. The molecule has 1 fully saturated rings. The van der Waals surface area contributed by atoms with Crippen molar-refractivity contribution in [3.8, 4) is 0 Å². The van der Waals surface area contributed by atoms with Gasteiger partial charge < -0.3 is 25.2 Å². The summed E-state index contributed by atoms with van der Waals surface area (Å²) >= 11 is 0. The van der Waals surface area contributed by atoms with E-state index < -0.39 is 24.3 Å². The zero-order valence-corrected chi connectivity index (χ0v) is 11.4. The lowest BCUT2D eigenvalue weighted by Crippen LogP contribution is -2.54. The molecule has 114 valence electrons. The van der Waals surface area contributed by atoms with Gasteiger partial charge in [0, 0.05) is 6.54 Å². The molecular formula is C14H18N2O5. The first-order chi connectivity index (χ1) is 10.0. The number of alkyl carbamates (subject to hydrolysis) is 1. The molecule has 0 radical (unpaired) electrons. The van der Waals surface area contributed by atoms with Crippen LogP contribution in [0.15, 0.2) is 30.3 Å². The summed E-state index contributed by atoms with van der Waals surface area (Å²) in [6.45, 7) is 0.351. The van der Waals surface area contributed by atoms with E-state index in [1.807, 2.05) is 30.3 Å². The van der Waals surface area contributed by atoms with Crippen molar-refractivity contribution >= 4 is 12.2 Å². The molecule has 1 aromatic rings. The predicted molar refractivity (Wildman–Crippen MR) is 73.8 cm³/mol. The largest absolute Gasteiger partial charge is 0.465 e. The van der Waals surface area contributed by atoms with Crippen LogP contribution in [0.1, 0.15) is 12.0 Å². The number of nitrogens with one attached hydrogen (secondary N) is 1. The minimum absolute atomic E-state index is 0.0621. The Kier molecular flexibility index (Phi) is 4.99. The van der Waals surface area contributed by atoms with Crippen LogP contribution in [0.4, 0.5) is 9.59 Å². The summed E-state index contributed by atoms with van der Waals surface area (Å²) in [6.07, 6.45) is -2.21. The Hall–Kier alpha value is -2.28. The second-order valence-corrected chi connectivity index (χ2v) is 4.98. The number of carboxylic acid groups (broad SMARTS) is 1. The van der Waals surface area contributed by atoms with Crippen LogP contribution in [0.25, 0.3) is 0 Å². The number of amides is 2. The third kappa shape index (κ3) is 4.64. The van der Waals surface area contributed by atoms with Crippen LogP contribution in [0.5, 0.6) is 0 Å². The molecule has 2 rings (SSSR count). The fourth-order valence-corrected chi connectivity index (χ4v) is 2.26. The Balaban J connectivity index is 1.80. The van der Waals surface area contributed by atoms with Crippen molar-refractivity contribution in [1.82, 2.24) is 10.2 Å². The zero-order chi connectivity index (χ0) is 15.2. The van der Waals surface area contributed by atoms with Gasteiger partial charge in [0.25, 0.3) is 0 Å². The number of rotatable bonds is 3. The standard InChI is InChI=1S/C14H18N2O5/c17-12-6-11(7-16(8-12)14(19)20)15-13(18)21-9-10-4-2-1-3-5-10/h1-5,11-12,17H,6-9H2,(H,15,18)(H,19,20). The highest BCUT2D eigenvalue weighted by atomic mass is 16.5. The predicted octanol–water partition coefficient (Wildman–Crippen LogP) is 1.03.